The molecular formula is C38H48Cl2N6O2. The maximum Gasteiger partial charge on any atom is 0.225 e. The number of hydrogen-bond acceptors (Lipinski definition) is 8. The van der Waals surface area contributed by atoms with Crippen molar-refractivity contribution in [1.82, 2.24) is 20.2 Å². The van der Waals surface area contributed by atoms with Gasteiger partial charge in [-0.25, -0.2) is 9.97 Å². The van der Waals surface area contributed by atoms with Gasteiger partial charge in [0.2, 0.25) is 5.95 Å². The molecule has 10 heteroatoms. The molecule has 1 aromatic heterocycles. The number of hydrogen-bond donors (Lipinski definition) is 1. The van der Waals surface area contributed by atoms with Crippen molar-refractivity contribution in [1.29, 1.82) is 5.26 Å². The van der Waals surface area contributed by atoms with Crippen molar-refractivity contribution in [3.05, 3.63) is 76.1 Å². The Balaban J connectivity index is 1.01. The van der Waals surface area contributed by atoms with Gasteiger partial charge in [-0.3, -0.25) is 0 Å². The molecule has 4 heterocycles. The van der Waals surface area contributed by atoms with Crippen molar-refractivity contribution in [2.45, 2.75) is 64.4 Å². The first kappa shape index (κ1) is 34.8. The van der Waals surface area contributed by atoms with Crippen molar-refractivity contribution in [2.24, 2.45) is 11.3 Å². The van der Waals surface area contributed by atoms with Crippen molar-refractivity contribution in [2.75, 3.05) is 63.2 Å². The number of aromatic nitrogens is 2. The topological polar surface area (TPSA) is 86.5 Å². The summed E-state index contributed by atoms with van der Waals surface area (Å²) in [5.41, 5.74) is 3.33. The molecule has 3 fully saturated rings. The van der Waals surface area contributed by atoms with Gasteiger partial charge in [0.15, 0.2) is 5.75 Å². The van der Waals surface area contributed by atoms with E-state index < -0.39 is 5.41 Å². The monoisotopic (exact) mass is 690 g/mol. The molecule has 1 spiro atoms. The summed E-state index contributed by atoms with van der Waals surface area (Å²) in [6.45, 7) is 13.1. The molecule has 3 saturated heterocycles. The Kier molecular flexibility index (Phi) is 11.3. The number of halogens is 2. The van der Waals surface area contributed by atoms with Gasteiger partial charge in [0.05, 0.1) is 22.2 Å². The summed E-state index contributed by atoms with van der Waals surface area (Å²) in [6.07, 6.45) is 9.59. The Morgan fingerprint density at radius 1 is 0.979 bits per heavy atom. The third-order valence-corrected chi connectivity index (χ3v) is 11.3. The second kappa shape index (κ2) is 15.6. The molecule has 8 nitrogen and oxygen atoms in total. The van der Waals surface area contributed by atoms with E-state index in [2.05, 4.69) is 52.2 Å². The van der Waals surface area contributed by atoms with Crippen molar-refractivity contribution in [3.8, 4) is 17.6 Å². The first-order valence-corrected chi connectivity index (χ1v) is 18.4. The highest BCUT2D eigenvalue weighted by Crippen LogP contribution is 2.42. The van der Waals surface area contributed by atoms with Crippen molar-refractivity contribution >= 4 is 29.2 Å². The van der Waals surface area contributed by atoms with E-state index in [0.29, 0.717) is 34.2 Å². The number of likely N-dealkylation sites (tertiary alicyclic amines) is 1. The van der Waals surface area contributed by atoms with Gasteiger partial charge in [0.1, 0.15) is 25.0 Å². The summed E-state index contributed by atoms with van der Waals surface area (Å²) in [7, 11) is 0. The maximum absolute atomic E-state index is 9.73. The Morgan fingerprint density at radius 3 is 2.38 bits per heavy atom. The highest BCUT2D eigenvalue weighted by atomic mass is 35.5. The molecule has 1 N–H and O–H groups in total. The zero-order chi connectivity index (χ0) is 33.6. The molecule has 3 aliphatic rings. The number of alkyl halides is 1. The van der Waals surface area contributed by atoms with Crippen LogP contribution >= 0.6 is 23.2 Å². The lowest BCUT2D eigenvalue weighted by Gasteiger charge is -2.47. The number of rotatable bonds is 11. The fourth-order valence-electron chi connectivity index (χ4n) is 7.55. The van der Waals surface area contributed by atoms with Crippen molar-refractivity contribution in [3.63, 3.8) is 0 Å². The molecular weight excluding hydrogens is 643 g/mol. The highest BCUT2D eigenvalue weighted by Gasteiger charge is 2.38. The van der Waals surface area contributed by atoms with Gasteiger partial charge in [-0.05, 0) is 117 Å². The van der Waals surface area contributed by atoms with Gasteiger partial charge in [-0.1, -0.05) is 37.6 Å². The standard InChI is InChI=1S/C38H48Cl2N6O2/c1-37(2,31-23-29(25-41)35(34(40)24-31)47-22-14-39)30-3-5-33(6-4-30)48-27-32-9-17-43-36(44-32)46-20-12-38(13-21-46)10-18-45(19-11-38)26-28-7-15-42-16-8-28/h3-6,9,17,23-24,28,42H,7-8,10-16,18-22,26-27H2,1-2H3. The summed E-state index contributed by atoms with van der Waals surface area (Å²) < 4.78 is 11.8. The predicted octanol–water partition coefficient (Wildman–Crippen LogP) is 7.21. The largest absolute Gasteiger partial charge is 0.489 e. The number of nitriles is 1. The molecule has 2 aromatic carbocycles. The molecule has 0 bridgehead atoms. The number of nitrogens with zero attached hydrogens (tertiary/aromatic N) is 5. The van der Waals surface area contributed by atoms with E-state index in [9.17, 15) is 5.26 Å². The summed E-state index contributed by atoms with van der Waals surface area (Å²) >= 11 is 12.3. The second-order valence-corrected chi connectivity index (χ2v) is 15.0. The molecule has 6 rings (SSSR count). The van der Waals surface area contributed by atoms with Crippen LogP contribution in [0.2, 0.25) is 5.02 Å². The molecule has 3 aromatic rings. The van der Waals surface area contributed by atoms with Crippen molar-refractivity contribution < 1.29 is 9.47 Å². The Morgan fingerprint density at radius 2 is 1.69 bits per heavy atom. The van der Waals surface area contributed by atoms with Gasteiger partial charge >= 0.3 is 0 Å². The molecule has 0 radical (unpaired) electrons. The van der Waals surface area contributed by atoms with E-state index in [1.54, 1.807) is 0 Å². The Bertz CT molecular complexity index is 1550. The smallest absolute Gasteiger partial charge is 0.225 e. The molecule has 48 heavy (non-hydrogen) atoms. The van der Waals surface area contributed by atoms with Crippen LogP contribution in [0.15, 0.2) is 48.7 Å². The number of ether oxygens (including phenoxy) is 2. The summed E-state index contributed by atoms with van der Waals surface area (Å²) in [5, 5.41) is 13.6. The SMILES string of the molecule is CC(C)(c1ccc(OCc2ccnc(N3CCC4(CCN(CC5CCNCC5)CC4)CC3)n2)cc1)c1cc(Cl)c(OCCCl)c(C#N)c1. The summed E-state index contributed by atoms with van der Waals surface area (Å²) in [6, 6.07) is 15.9. The van der Waals surface area contributed by atoms with Crippen LogP contribution in [0.25, 0.3) is 0 Å². The first-order chi connectivity index (χ1) is 23.3. The quantitative estimate of drug-likeness (QED) is 0.211. The van der Waals surface area contributed by atoms with E-state index >= 15 is 0 Å². The minimum Gasteiger partial charge on any atom is -0.489 e. The van der Waals surface area contributed by atoms with Crippen LogP contribution < -0.4 is 19.7 Å². The van der Waals surface area contributed by atoms with Gasteiger partial charge < -0.3 is 24.6 Å². The van der Waals surface area contributed by atoms with E-state index in [-0.39, 0.29) is 6.61 Å². The average molecular weight is 692 g/mol. The van der Waals surface area contributed by atoms with E-state index in [1.807, 2.05) is 36.5 Å². The van der Waals surface area contributed by atoms with Crippen LogP contribution in [0, 0.1) is 22.7 Å². The van der Waals surface area contributed by atoms with Crippen LogP contribution in [0.5, 0.6) is 11.5 Å². The zero-order valence-corrected chi connectivity index (χ0v) is 29.8. The predicted molar refractivity (Wildman–Crippen MR) is 192 cm³/mol. The third kappa shape index (κ3) is 8.19. The van der Waals surface area contributed by atoms with Gasteiger partial charge in [-0.15, -0.1) is 11.6 Å². The number of benzene rings is 2. The molecule has 0 unspecified atom stereocenters. The summed E-state index contributed by atoms with van der Waals surface area (Å²) in [4.78, 5) is 14.6. The first-order valence-electron chi connectivity index (χ1n) is 17.4. The fraction of sp³-hybridized carbons (Fsp3) is 0.553. The van der Waals surface area contributed by atoms with Gasteiger partial charge in [0.25, 0.3) is 0 Å². The molecule has 0 aliphatic carbocycles. The third-order valence-electron chi connectivity index (χ3n) is 10.9. The minimum atomic E-state index is -0.406. The minimum absolute atomic E-state index is 0.285. The lowest BCUT2D eigenvalue weighted by atomic mass is 9.71. The fourth-order valence-corrected chi connectivity index (χ4v) is 7.91. The lowest BCUT2D eigenvalue weighted by Crippen LogP contribution is -2.48. The van der Waals surface area contributed by atoms with Gasteiger partial charge in [0, 0.05) is 31.2 Å². The maximum atomic E-state index is 9.73. The number of nitrogens with one attached hydrogen (secondary N) is 1. The highest BCUT2D eigenvalue weighted by molar-refractivity contribution is 6.32. The van der Waals surface area contributed by atoms with Crippen LogP contribution in [0.3, 0.4) is 0 Å². The van der Waals surface area contributed by atoms with Crippen LogP contribution in [0.4, 0.5) is 5.95 Å². The van der Waals surface area contributed by atoms with Crippen LogP contribution in [-0.4, -0.2) is 73.2 Å². The number of anilines is 1. The zero-order valence-electron chi connectivity index (χ0n) is 28.3. The Labute approximate surface area is 295 Å². The lowest BCUT2D eigenvalue weighted by molar-refractivity contribution is 0.0669. The van der Waals surface area contributed by atoms with Crippen LogP contribution in [0.1, 0.15) is 74.8 Å². The normalized spacial score (nSPS) is 18.9. The summed E-state index contributed by atoms with van der Waals surface area (Å²) in [5.74, 6) is 3.14. The van der Waals surface area contributed by atoms with Crippen LogP contribution in [-0.2, 0) is 12.0 Å². The molecule has 0 atom stereocenters. The van der Waals surface area contributed by atoms with E-state index in [0.717, 1.165) is 47.5 Å². The molecule has 3 aliphatic heterocycles. The average Bonchev–Trinajstić information content (AvgIpc) is 3.12. The van der Waals surface area contributed by atoms with E-state index in [4.69, 9.17) is 37.7 Å². The molecule has 256 valence electrons. The van der Waals surface area contributed by atoms with Gasteiger partial charge in [-0.2, -0.15) is 5.26 Å². The Hall–Kier alpha value is -3.09. The number of piperidine rings is 3. The molecule has 0 saturated carbocycles. The molecule has 0 amide bonds. The van der Waals surface area contributed by atoms with E-state index in [1.165, 1.54) is 71.2 Å². The second-order valence-electron chi connectivity index (χ2n) is 14.3.